The van der Waals surface area contributed by atoms with Crippen LogP contribution in [0.1, 0.15) is 33.1 Å². The van der Waals surface area contributed by atoms with E-state index in [1.165, 1.54) is 30.3 Å². The molecule has 0 bridgehead atoms. The molecule has 0 aromatic carbocycles. The van der Waals surface area contributed by atoms with Gasteiger partial charge < -0.3 is 15.2 Å². The van der Waals surface area contributed by atoms with Crippen LogP contribution in [-0.4, -0.2) is 49.3 Å². The summed E-state index contributed by atoms with van der Waals surface area (Å²) in [6.45, 7) is 6.38. The molecule has 1 aliphatic rings. The third-order valence-corrected chi connectivity index (χ3v) is 6.37. The van der Waals surface area contributed by atoms with Crippen molar-refractivity contribution >= 4 is 33.3 Å². The van der Waals surface area contributed by atoms with Crippen LogP contribution in [0, 0.1) is 0 Å². The van der Waals surface area contributed by atoms with E-state index in [0.29, 0.717) is 6.04 Å². The Balaban J connectivity index is 1.41. The Morgan fingerprint density at radius 1 is 0.941 bits per heavy atom. The number of nitrogens with zero attached hydrogens (tertiary/aromatic N) is 5. The Morgan fingerprint density at radius 2 is 1.79 bits per heavy atom. The molecule has 6 rings (SSSR count). The van der Waals surface area contributed by atoms with E-state index in [-0.39, 0.29) is 0 Å². The summed E-state index contributed by atoms with van der Waals surface area (Å²) in [5, 5.41) is 12.3. The van der Waals surface area contributed by atoms with Crippen LogP contribution >= 0.6 is 0 Å². The Bertz CT molecular complexity index is 1460. The van der Waals surface area contributed by atoms with Gasteiger partial charge >= 0.3 is 0 Å². The Morgan fingerprint density at radius 3 is 2.65 bits per heavy atom. The van der Waals surface area contributed by atoms with Crippen molar-refractivity contribution in [3.8, 4) is 22.6 Å². The number of aromatic amines is 2. The van der Waals surface area contributed by atoms with Gasteiger partial charge in [0.2, 0.25) is 0 Å². The van der Waals surface area contributed by atoms with Gasteiger partial charge in [0.25, 0.3) is 0 Å². The molecule has 0 amide bonds. The highest BCUT2D eigenvalue weighted by Crippen LogP contribution is 2.34. The maximum absolute atomic E-state index is 4.98. The first-order valence-corrected chi connectivity index (χ1v) is 11.9. The lowest BCUT2D eigenvalue weighted by Crippen LogP contribution is -2.29. The van der Waals surface area contributed by atoms with Crippen molar-refractivity contribution in [2.45, 2.75) is 39.2 Å². The number of rotatable bonds is 5. The molecule has 172 valence electrons. The van der Waals surface area contributed by atoms with Crippen molar-refractivity contribution in [1.82, 2.24) is 30.1 Å². The number of aromatic nitrogens is 6. The van der Waals surface area contributed by atoms with Gasteiger partial charge in [0.1, 0.15) is 11.2 Å². The molecule has 0 atom stereocenters. The molecule has 5 aromatic rings. The summed E-state index contributed by atoms with van der Waals surface area (Å²) >= 11 is 0. The Hall–Kier alpha value is -3.94. The zero-order chi connectivity index (χ0) is 23.1. The summed E-state index contributed by atoms with van der Waals surface area (Å²) < 4.78 is 0. The number of hydrogen-bond acceptors (Lipinski definition) is 6. The number of pyridine rings is 3. The lowest BCUT2D eigenvalue weighted by molar-refractivity contribution is 0.578. The van der Waals surface area contributed by atoms with Crippen LogP contribution in [0.25, 0.3) is 44.6 Å². The summed E-state index contributed by atoms with van der Waals surface area (Å²) in [5.74, 6) is 0. The molecule has 1 fully saturated rings. The van der Waals surface area contributed by atoms with Crippen LogP contribution in [0.3, 0.4) is 0 Å². The molecule has 8 nitrogen and oxygen atoms in total. The summed E-state index contributed by atoms with van der Waals surface area (Å²) in [6.07, 6.45) is 11.3. The van der Waals surface area contributed by atoms with Crippen LogP contribution < -0.4 is 10.2 Å². The minimum atomic E-state index is 0.333. The molecule has 1 saturated heterocycles. The zero-order valence-electron chi connectivity index (χ0n) is 19.5. The van der Waals surface area contributed by atoms with E-state index in [0.717, 1.165) is 58.0 Å². The van der Waals surface area contributed by atoms with Gasteiger partial charge in [-0.1, -0.05) is 0 Å². The topological polar surface area (TPSA) is 98.4 Å². The van der Waals surface area contributed by atoms with Crippen molar-refractivity contribution in [1.29, 1.82) is 0 Å². The van der Waals surface area contributed by atoms with Crippen molar-refractivity contribution < 1.29 is 0 Å². The minimum Gasteiger partial charge on any atom is -0.382 e. The predicted octanol–water partition coefficient (Wildman–Crippen LogP) is 5.37. The minimum absolute atomic E-state index is 0.333. The van der Waals surface area contributed by atoms with Crippen molar-refractivity contribution in [2.75, 3.05) is 23.3 Å². The molecule has 3 N–H and O–H groups in total. The largest absolute Gasteiger partial charge is 0.382 e. The van der Waals surface area contributed by atoms with Crippen LogP contribution in [0.15, 0.2) is 49.1 Å². The van der Waals surface area contributed by atoms with E-state index < -0.39 is 0 Å². The summed E-state index contributed by atoms with van der Waals surface area (Å²) in [7, 11) is 0. The normalized spacial score (nSPS) is 14.4. The smallest absolute Gasteiger partial charge is 0.135 e. The molecule has 5 aromatic heterocycles. The molecule has 0 spiro atoms. The second kappa shape index (κ2) is 8.44. The second-order valence-electron chi connectivity index (χ2n) is 9.28. The molecule has 8 heteroatoms. The van der Waals surface area contributed by atoms with Crippen LogP contribution in [0.2, 0.25) is 0 Å². The molecule has 0 saturated carbocycles. The van der Waals surface area contributed by atoms with Gasteiger partial charge in [-0.05, 0) is 57.4 Å². The lowest BCUT2D eigenvalue weighted by Gasteiger charge is -2.28. The third kappa shape index (κ3) is 3.75. The number of piperidine rings is 1. The van der Waals surface area contributed by atoms with E-state index >= 15 is 0 Å². The van der Waals surface area contributed by atoms with Crippen LogP contribution in [0.5, 0.6) is 0 Å². The first kappa shape index (κ1) is 20.7. The van der Waals surface area contributed by atoms with E-state index in [4.69, 9.17) is 4.98 Å². The van der Waals surface area contributed by atoms with Gasteiger partial charge in [0.05, 0.1) is 46.2 Å². The van der Waals surface area contributed by atoms with Gasteiger partial charge in [-0.15, -0.1) is 0 Å². The third-order valence-electron chi connectivity index (χ3n) is 6.37. The highest BCUT2D eigenvalue weighted by Gasteiger charge is 2.18. The highest BCUT2D eigenvalue weighted by molar-refractivity contribution is 5.98. The van der Waals surface area contributed by atoms with Crippen LogP contribution in [-0.2, 0) is 0 Å². The van der Waals surface area contributed by atoms with Crippen molar-refractivity contribution in [2.24, 2.45) is 0 Å². The molecule has 6 heterocycles. The van der Waals surface area contributed by atoms with Crippen molar-refractivity contribution in [3.63, 3.8) is 0 Å². The monoisotopic (exact) mass is 452 g/mol. The molecule has 0 unspecified atom stereocenters. The van der Waals surface area contributed by atoms with Gasteiger partial charge in [-0.2, -0.15) is 5.10 Å². The van der Waals surface area contributed by atoms with Gasteiger partial charge in [-0.25, -0.2) is 4.98 Å². The average molecular weight is 453 g/mol. The van der Waals surface area contributed by atoms with Crippen LogP contribution in [0.4, 0.5) is 11.4 Å². The molecule has 34 heavy (non-hydrogen) atoms. The van der Waals surface area contributed by atoms with Crippen molar-refractivity contribution in [3.05, 3.63) is 49.1 Å². The number of anilines is 2. The lowest BCUT2D eigenvalue weighted by atomic mass is 10.1. The Labute approximate surface area is 197 Å². The molecular formula is C26H28N8. The second-order valence-corrected chi connectivity index (χ2v) is 9.28. The standard InChI is InChI=1S/C26H28N8/c1-16(2)29-18-10-17(12-27-13-18)20-6-7-21-25(31-20)26(33-32-21)22-11-19-23(30-22)14-28-15-24(19)34-8-4-3-5-9-34/h6-7,10-16,29-30H,3-5,8-9H2,1-2H3,(H,32,33). The first-order chi connectivity index (χ1) is 16.7. The zero-order valence-corrected chi connectivity index (χ0v) is 19.5. The quantitative estimate of drug-likeness (QED) is 0.331. The summed E-state index contributed by atoms with van der Waals surface area (Å²) in [4.78, 5) is 19.8. The van der Waals surface area contributed by atoms with E-state index in [1.807, 2.05) is 36.9 Å². The fraction of sp³-hybridized carbons (Fsp3) is 0.308. The number of hydrogen-bond donors (Lipinski definition) is 3. The van der Waals surface area contributed by atoms with E-state index in [1.54, 1.807) is 0 Å². The molecule has 0 aliphatic carbocycles. The maximum Gasteiger partial charge on any atom is 0.135 e. The fourth-order valence-electron chi connectivity index (χ4n) is 4.79. The molecule has 0 radical (unpaired) electrons. The number of fused-ring (bicyclic) bond motifs is 2. The Kier molecular flexibility index (Phi) is 5.13. The van der Waals surface area contributed by atoms with E-state index in [9.17, 15) is 0 Å². The maximum atomic E-state index is 4.98. The SMILES string of the molecule is CC(C)Nc1cncc(-c2ccc3[nH]nc(-c4cc5c(N6CCCCC6)cncc5[nH]4)c3n2)c1. The number of nitrogens with one attached hydrogen (secondary N) is 3. The predicted molar refractivity (Wildman–Crippen MR) is 137 cm³/mol. The highest BCUT2D eigenvalue weighted by atomic mass is 15.1. The average Bonchev–Trinajstić information content (AvgIpc) is 3.48. The molecular weight excluding hydrogens is 424 g/mol. The summed E-state index contributed by atoms with van der Waals surface area (Å²) in [6, 6.07) is 8.63. The van der Waals surface area contributed by atoms with Gasteiger partial charge in [0, 0.05) is 42.5 Å². The number of H-pyrrole nitrogens is 2. The van der Waals surface area contributed by atoms with Gasteiger partial charge in [-0.3, -0.25) is 15.1 Å². The fourth-order valence-corrected chi connectivity index (χ4v) is 4.79. The van der Waals surface area contributed by atoms with Gasteiger partial charge in [0.15, 0.2) is 0 Å². The molecule has 1 aliphatic heterocycles. The summed E-state index contributed by atoms with van der Waals surface area (Å²) in [5.41, 5.74) is 8.49. The van der Waals surface area contributed by atoms with E-state index in [2.05, 4.69) is 61.3 Å². The first-order valence-electron chi connectivity index (χ1n) is 11.9.